The van der Waals surface area contributed by atoms with Gasteiger partial charge in [0.05, 0.1) is 20.5 Å². The summed E-state index contributed by atoms with van der Waals surface area (Å²) in [4.78, 5) is 37.8. The third-order valence-corrected chi connectivity index (χ3v) is 7.80. The molecule has 0 N–H and O–H groups in total. The Kier molecular flexibility index (Phi) is 8.32. The Morgan fingerprint density at radius 2 is 1.97 bits per heavy atom. The average Bonchev–Trinajstić information content (AvgIpc) is 3.11. The lowest BCUT2D eigenvalue weighted by Gasteiger charge is -2.25. The number of imide groups is 1. The molecule has 4 rings (SSSR count). The highest BCUT2D eigenvalue weighted by atomic mass is 127. The Morgan fingerprint density at radius 3 is 2.69 bits per heavy atom. The second kappa shape index (κ2) is 11.4. The summed E-state index contributed by atoms with van der Waals surface area (Å²) in [7, 11) is 1.52. The Balaban J connectivity index is 1.49. The smallest absolute Gasteiger partial charge is 0.293 e. The molecular weight excluding hydrogens is 583 g/mol. The zero-order chi connectivity index (χ0) is 24.9. The van der Waals surface area contributed by atoms with Gasteiger partial charge >= 0.3 is 0 Å². The van der Waals surface area contributed by atoms with Crippen LogP contribution >= 0.6 is 34.4 Å². The minimum atomic E-state index is -0.445. The van der Waals surface area contributed by atoms with Crippen molar-refractivity contribution in [2.75, 3.05) is 13.7 Å². The van der Waals surface area contributed by atoms with Crippen molar-refractivity contribution in [1.82, 2.24) is 4.90 Å². The summed E-state index contributed by atoms with van der Waals surface area (Å²) >= 11 is 3.09. The van der Waals surface area contributed by atoms with E-state index < -0.39 is 4.92 Å². The van der Waals surface area contributed by atoms with E-state index in [1.807, 2.05) is 6.07 Å². The zero-order valence-corrected chi connectivity index (χ0v) is 22.2. The van der Waals surface area contributed by atoms with E-state index >= 15 is 0 Å². The van der Waals surface area contributed by atoms with Gasteiger partial charge in [-0.3, -0.25) is 24.6 Å². The van der Waals surface area contributed by atoms with Crippen LogP contribution in [0.3, 0.4) is 0 Å². The maximum absolute atomic E-state index is 12.9. The van der Waals surface area contributed by atoms with E-state index in [1.54, 1.807) is 24.3 Å². The van der Waals surface area contributed by atoms with Crippen LogP contribution in [0.15, 0.2) is 41.3 Å². The number of halogens is 1. The summed E-state index contributed by atoms with van der Waals surface area (Å²) in [5.74, 6) is 1.11. The van der Waals surface area contributed by atoms with Crippen LogP contribution in [-0.4, -0.2) is 34.6 Å². The second-order valence-electron chi connectivity index (χ2n) is 8.55. The number of hydrogen-bond donors (Lipinski definition) is 0. The first-order valence-corrected chi connectivity index (χ1v) is 13.2. The van der Waals surface area contributed by atoms with Crippen molar-refractivity contribution >= 4 is 57.3 Å². The van der Waals surface area contributed by atoms with Crippen molar-refractivity contribution in [3.63, 3.8) is 0 Å². The van der Waals surface area contributed by atoms with Crippen LogP contribution in [0.25, 0.3) is 6.08 Å². The maximum atomic E-state index is 12.9. The Hall–Kier alpha value is -2.60. The fourth-order valence-corrected chi connectivity index (χ4v) is 5.94. The second-order valence-corrected chi connectivity index (χ2v) is 10.7. The molecule has 0 spiro atoms. The molecular formula is C25H25IN2O6S. The standard InChI is InChI=1S/C25H25IN2O6S/c1-33-21-12-18(11-20(26)23(21)34-15-17-8-5-9-19(10-17)28(31)32)13-22-24(29)27(25(30)35-22)14-16-6-3-2-4-7-16/h5,8-13,16H,2-4,6-7,14-15H2,1H3/b22-13+. The summed E-state index contributed by atoms with van der Waals surface area (Å²) in [5.41, 5.74) is 1.38. The minimum Gasteiger partial charge on any atom is -0.493 e. The van der Waals surface area contributed by atoms with Crippen molar-refractivity contribution in [1.29, 1.82) is 0 Å². The van der Waals surface area contributed by atoms with Crippen LogP contribution in [0, 0.1) is 19.6 Å². The van der Waals surface area contributed by atoms with E-state index in [1.165, 1.54) is 30.6 Å². The lowest BCUT2D eigenvalue weighted by Crippen LogP contribution is -2.34. The van der Waals surface area contributed by atoms with Crippen LogP contribution < -0.4 is 9.47 Å². The molecule has 0 radical (unpaired) electrons. The quantitative estimate of drug-likeness (QED) is 0.148. The Morgan fingerprint density at radius 1 is 1.20 bits per heavy atom. The van der Waals surface area contributed by atoms with Gasteiger partial charge in [-0.25, -0.2) is 0 Å². The number of non-ortho nitro benzene ring substituents is 1. The number of thioether (sulfide) groups is 1. The molecule has 2 aromatic rings. The van der Waals surface area contributed by atoms with E-state index in [2.05, 4.69) is 22.6 Å². The maximum Gasteiger partial charge on any atom is 0.293 e. The van der Waals surface area contributed by atoms with Gasteiger partial charge in [-0.2, -0.15) is 0 Å². The highest BCUT2D eigenvalue weighted by molar-refractivity contribution is 14.1. The summed E-state index contributed by atoms with van der Waals surface area (Å²) in [6, 6.07) is 9.87. The number of hydrogen-bond acceptors (Lipinski definition) is 7. The molecule has 2 amide bonds. The van der Waals surface area contributed by atoms with Gasteiger partial charge in [0.15, 0.2) is 11.5 Å². The van der Waals surface area contributed by atoms with Crippen molar-refractivity contribution < 1.29 is 24.0 Å². The Labute approximate surface area is 221 Å². The summed E-state index contributed by atoms with van der Waals surface area (Å²) < 4.78 is 12.2. The van der Waals surface area contributed by atoms with E-state index in [-0.39, 0.29) is 23.4 Å². The van der Waals surface area contributed by atoms with Gasteiger partial charge in [-0.1, -0.05) is 31.4 Å². The molecule has 0 aromatic heterocycles. The number of nitro benzene ring substituents is 1. The number of nitro groups is 1. The van der Waals surface area contributed by atoms with Gasteiger partial charge in [0.2, 0.25) is 0 Å². The zero-order valence-electron chi connectivity index (χ0n) is 19.2. The largest absolute Gasteiger partial charge is 0.493 e. The molecule has 0 unspecified atom stereocenters. The van der Waals surface area contributed by atoms with Crippen LogP contribution in [0.5, 0.6) is 11.5 Å². The number of methoxy groups -OCH3 is 1. The first kappa shape index (κ1) is 25.5. The molecule has 1 saturated heterocycles. The van der Waals surface area contributed by atoms with E-state index in [0.29, 0.717) is 34.4 Å². The molecule has 35 heavy (non-hydrogen) atoms. The van der Waals surface area contributed by atoms with Gasteiger partial charge < -0.3 is 9.47 Å². The first-order chi connectivity index (χ1) is 16.9. The van der Waals surface area contributed by atoms with Crippen molar-refractivity contribution in [3.8, 4) is 11.5 Å². The van der Waals surface area contributed by atoms with Gasteiger partial charge in [0.1, 0.15) is 6.61 Å². The monoisotopic (exact) mass is 608 g/mol. The summed E-state index contributed by atoms with van der Waals surface area (Å²) in [5, 5.41) is 10.8. The molecule has 10 heteroatoms. The molecule has 2 aromatic carbocycles. The molecule has 2 fully saturated rings. The van der Waals surface area contributed by atoms with Crippen molar-refractivity contribution in [3.05, 3.63) is 66.1 Å². The van der Waals surface area contributed by atoms with Crippen molar-refractivity contribution in [2.45, 2.75) is 38.7 Å². The van der Waals surface area contributed by atoms with Gasteiger partial charge in [-0.05, 0) is 82.4 Å². The number of carbonyl (C=O) groups is 2. The number of rotatable bonds is 8. The lowest BCUT2D eigenvalue weighted by atomic mass is 9.89. The molecule has 0 atom stereocenters. The predicted molar refractivity (Wildman–Crippen MR) is 142 cm³/mol. The molecule has 1 saturated carbocycles. The lowest BCUT2D eigenvalue weighted by molar-refractivity contribution is -0.384. The third-order valence-electron chi connectivity index (χ3n) is 6.09. The number of amides is 2. The minimum absolute atomic E-state index is 0.000503. The molecule has 1 heterocycles. The third kappa shape index (κ3) is 6.16. The highest BCUT2D eigenvalue weighted by Gasteiger charge is 2.36. The summed E-state index contributed by atoms with van der Waals surface area (Å²) in [6.07, 6.45) is 7.38. The Bertz CT molecular complexity index is 1180. The number of ether oxygens (including phenoxy) is 2. The summed E-state index contributed by atoms with van der Waals surface area (Å²) in [6.45, 7) is 0.626. The number of nitrogens with zero attached hydrogens (tertiary/aromatic N) is 2. The van der Waals surface area contributed by atoms with Crippen molar-refractivity contribution in [2.24, 2.45) is 5.92 Å². The van der Waals surface area contributed by atoms with E-state index in [4.69, 9.17) is 9.47 Å². The molecule has 1 aliphatic heterocycles. The number of benzene rings is 2. The highest BCUT2D eigenvalue weighted by Crippen LogP contribution is 2.38. The fourth-order valence-electron chi connectivity index (χ4n) is 4.32. The van der Waals surface area contributed by atoms with Crippen LogP contribution in [-0.2, 0) is 11.4 Å². The topological polar surface area (TPSA) is 99.0 Å². The number of carbonyl (C=O) groups excluding carboxylic acids is 2. The normalized spacial score (nSPS) is 17.8. The molecule has 1 aliphatic carbocycles. The predicted octanol–water partition coefficient (Wildman–Crippen LogP) is 6.40. The van der Waals surface area contributed by atoms with Crippen LogP contribution in [0.4, 0.5) is 10.5 Å². The van der Waals surface area contributed by atoms with E-state index in [9.17, 15) is 19.7 Å². The fraction of sp³-hybridized carbons (Fsp3) is 0.360. The molecule has 184 valence electrons. The van der Waals surface area contributed by atoms with E-state index in [0.717, 1.165) is 46.6 Å². The van der Waals surface area contributed by atoms with Gasteiger partial charge in [-0.15, -0.1) is 0 Å². The first-order valence-electron chi connectivity index (χ1n) is 11.3. The van der Waals surface area contributed by atoms with Crippen LogP contribution in [0.1, 0.15) is 43.2 Å². The molecule has 0 bridgehead atoms. The average molecular weight is 608 g/mol. The van der Waals surface area contributed by atoms with Gasteiger partial charge in [0, 0.05) is 18.7 Å². The SMILES string of the molecule is COc1cc(/C=C2/SC(=O)N(CC3CCCCC3)C2=O)cc(I)c1OCc1cccc([N+](=O)[O-])c1. The van der Waals surface area contributed by atoms with Gasteiger partial charge in [0.25, 0.3) is 16.8 Å². The molecule has 2 aliphatic rings. The molecule has 8 nitrogen and oxygen atoms in total. The van der Waals surface area contributed by atoms with Crippen LogP contribution in [0.2, 0.25) is 0 Å².